The van der Waals surface area contributed by atoms with Gasteiger partial charge in [0.25, 0.3) is 5.69 Å². The van der Waals surface area contributed by atoms with Crippen LogP contribution in [-0.4, -0.2) is 10.7 Å². The van der Waals surface area contributed by atoms with E-state index in [9.17, 15) is 20.2 Å². The van der Waals surface area contributed by atoms with E-state index in [0.29, 0.717) is 41.2 Å². The Hall–Kier alpha value is -4.61. The third-order valence-corrected chi connectivity index (χ3v) is 8.32. The van der Waals surface area contributed by atoms with Crippen LogP contribution in [-0.2, 0) is 11.4 Å². The summed E-state index contributed by atoms with van der Waals surface area (Å²) in [5.74, 6) is 0.181. The molecule has 2 aliphatic rings. The number of ether oxygens (including phenoxy) is 1. The molecule has 5 rings (SSSR count). The summed E-state index contributed by atoms with van der Waals surface area (Å²) >= 11 is 6.11. The van der Waals surface area contributed by atoms with Gasteiger partial charge in [-0.2, -0.15) is 5.26 Å². The van der Waals surface area contributed by atoms with Gasteiger partial charge in [-0.25, -0.2) is 0 Å². The van der Waals surface area contributed by atoms with Gasteiger partial charge in [-0.05, 0) is 86.6 Å². The highest BCUT2D eigenvalue weighted by molar-refractivity contribution is 6.30. The maximum absolute atomic E-state index is 13.7. The number of benzene rings is 3. The number of carbonyl (C=O) groups excluding carboxylic acids is 1. The van der Waals surface area contributed by atoms with E-state index < -0.39 is 10.8 Å². The molecule has 0 fully saturated rings. The van der Waals surface area contributed by atoms with E-state index >= 15 is 0 Å². The maximum atomic E-state index is 13.7. The number of halogens is 1. The second-order valence-electron chi connectivity index (χ2n) is 10.9. The summed E-state index contributed by atoms with van der Waals surface area (Å²) in [5.41, 5.74) is 13.9. The average Bonchev–Trinajstić information content (AvgIpc) is 2.94. The molecule has 1 atom stereocenters. The number of ketones is 1. The van der Waals surface area contributed by atoms with Crippen molar-refractivity contribution in [3.63, 3.8) is 0 Å². The zero-order chi connectivity index (χ0) is 30.3. The molecule has 3 aromatic rings. The SMILES string of the molecule is Cc1cc(COc2ccc(Cl)cc2C)c(C)c(C2C(C#N)=C(N)N(c3cc([N+](=O)[O-])ccc3C)C3=C2C(=O)CCC3)c1. The molecule has 0 bridgehead atoms. The van der Waals surface area contributed by atoms with Crippen LogP contribution >= 0.6 is 11.6 Å². The maximum Gasteiger partial charge on any atom is 0.271 e. The van der Waals surface area contributed by atoms with Gasteiger partial charge in [0, 0.05) is 34.8 Å². The summed E-state index contributed by atoms with van der Waals surface area (Å²) in [7, 11) is 0. The second kappa shape index (κ2) is 11.3. The van der Waals surface area contributed by atoms with Gasteiger partial charge in [0.2, 0.25) is 0 Å². The van der Waals surface area contributed by atoms with E-state index in [1.54, 1.807) is 17.0 Å². The fourth-order valence-electron chi connectivity index (χ4n) is 5.97. The lowest BCUT2D eigenvalue weighted by atomic mass is 9.73. The molecule has 0 radical (unpaired) electrons. The van der Waals surface area contributed by atoms with Crippen molar-refractivity contribution >= 4 is 28.8 Å². The first-order valence-electron chi connectivity index (χ1n) is 13.7. The number of nitro benzene ring substituents is 1. The number of rotatable bonds is 6. The van der Waals surface area contributed by atoms with Crippen LogP contribution in [0.5, 0.6) is 5.75 Å². The Kier molecular flexibility index (Phi) is 7.81. The Labute approximate surface area is 249 Å². The molecular formula is C33H31ClN4O4. The molecule has 214 valence electrons. The Morgan fingerprint density at radius 2 is 1.86 bits per heavy atom. The fourth-order valence-corrected chi connectivity index (χ4v) is 6.20. The molecule has 0 saturated carbocycles. The Bertz CT molecular complexity index is 1750. The lowest BCUT2D eigenvalue weighted by Crippen LogP contribution is -2.39. The number of nitro groups is 1. The van der Waals surface area contributed by atoms with E-state index in [1.165, 1.54) is 12.1 Å². The van der Waals surface area contributed by atoms with Crippen LogP contribution in [0.4, 0.5) is 11.4 Å². The zero-order valence-corrected chi connectivity index (χ0v) is 24.7. The molecule has 42 heavy (non-hydrogen) atoms. The van der Waals surface area contributed by atoms with Crippen LogP contribution in [0, 0.1) is 49.1 Å². The highest BCUT2D eigenvalue weighted by Gasteiger charge is 2.41. The number of allylic oxidation sites excluding steroid dienone is 3. The van der Waals surface area contributed by atoms with Crippen molar-refractivity contribution < 1.29 is 14.5 Å². The summed E-state index contributed by atoms with van der Waals surface area (Å²) < 4.78 is 6.17. The van der Waals surface area contributed by atoms with E-state index in [4.69, 9.17) is 22.1 Å². The first kappa shape index (κ1) is 28.9. The van der Waals surface area contributed by atoms with Crippen LogP contribution < -0.4 is 15.4 Å². The topological polar surface area (TPSA) is 122 Å². The largest absolute Gasteiger partial charge is 0.489 e. The van der Waals surface area contributed by atoms with Crippen molar-refractivity contribution in [1.29, 1.82) is 5.26 Å². The minimum Gasteiger partial charge on any atom is -0.489 e. The van der Waals surface area contributed by atoms with Crippen LogP contribution in [0.3, 0.4) is 0 Å². The molecule has 0 spiro atoms. The Morgan fingerprint density at radius 3 is 2.55 bits per heavy atom. The number of nitriles is 1. The van der Waals surface area contributed by atoms with Gasteiger partial charge >= 0.3 is 0 Å². The van der Waals surface area contributed by atoms with E-state index in [-0.39, 0.29) is 29.5 Å². The molecular weight excluding hydrogens is 552 g/mol. The lowest BCUT2D eigenvalue weighted by Gasteiger charge is -2.40. The molecule has 0 aromatic heterocycles. The second-order valence-corrected chi connectivity index (χ2v) is 11.3. The highest BCUT2D eigenvalue weighted by Crippen LogP contribution is 2.48. The molecule has 0 saturated heterocycles. The molecule has 0 amide bonds. The summed E-state index contributed by atoms with van der Waals surface area (Å²) in [6.45, 7) is 7.99. The van der Waals surface area contributed by atoms with Gasteiger partial charge in [0.05, 0.1) is 28.2 Å². The number of carbonyl (C=O) groups is 1. The van der Waals surface area contributed by atoms with Gasteiger partial charge in [0.1, 0.15) is 18.2 Å². The van der Waals surface area contributed by atoms with Crippen LogP contribution in [0.25, 0.3) is 0 Å². The monoisotopic (exact) mass is 582 g/mol. The molecule has 1 unspecified atom stereocenters. The molecule has 3 aromatic carbocycles. The molecule has 9 heteroatoms. The quantitative estimate of drug-likeness (QED) is 0.238. The zero-order valence-electron chi connectivity index (χ0n) is 24.0. The van der Waals surface area contributed by atoms with E-state index in [2.05, 4.69) is 6.07 Å². The summed E-state index contributed by atoms with van der Waals surface area (Å²) in [6.07, 6.45) is 1.53. The van der Waals surface area contributed by atoms with Crippen molar-refractivity contribution in [3.05, 3.63) is 120 Å². The third kappa shape index (κ3) is 5.12. The van der Waals surface area contributed by atoms with Crippen LogP contribution in [0.2, 0.25) is 5.02 Å². The molecule has 1 aliphatic heterocycles. The van der Waals surface area contributed by atoms with Gasteiger partial charge in [0.15, 0.2) is 5.78 Å². The highest BCUT2D eigenvalue weighted by atomic mass is 35.5. The standard InChI is InChI=1S/C33H31ClN4O4/c1-18-12-22(17-42-30-11-9-23(34)14-20(30)3)21(4)25(13-18)31-26(16-35)33(36)37(27-6-5-7-29(39)32(27)31)28-15-24(38(40)41)10-8-19(28)2/h8-15,31H,5-7,17,36H2,1-4H3. The van der Waals surface area contributed by atoms with Crippen molar-refractivity contribution in [3.8, 4) is 11.8 Å². The number of hydrogen-bond acceptors (Lipinski definition) is 7. The van der Waals surface area contributed by atoms with Crippen molar-refractivity contribution in [2.45, 2.75) is 59.5 Å². The number of Topliss-reactive ketones (excluding diaryl/α,β-unsaturated/α-hetero) is 1. The average molecular weight is 583 g/mol. The summed E-state index contributed by atoms with van der Waals surface area (Å²) in [5, 5.41) is 22.7. The number of anilines is 1. The van der Waals surface area contributed by atoms with Gasteiger partial charge < -0.3 is 10.5 Å². The number of hydrogen-bond donors (Lipinski definition) is 1. The number of nitrogens with two attached hydrogens (primary N) is 1. The van der Waals surface area contributed by atoms with E-state index in [1.807, 2.05) is 52.0 Å². The third-order valence-electron chi connectivity index (χ3n) is 8.09. The first-order valence-corrected chi connectivity index (χ1v) is 14.1. The van der Waals surface area contributed by atoms with Gasteiger partial charge in [-0.1, -0.05) is 35.4 Å². The van der Waals surface area contributed by atoms with Crippen molar-refractivity contribution in [1.82, 2.24) is 0 Å². The minimum absolute atomic E-state index is 0.0509. The predicted octanol–water partition coefficient (Wildman–Crippen LogP) is 7.37. The fraction of sp³-hybridized carbons (Fsp3) is 0.273. The summed E-state index contributed by atoms with van der Waals surface area (Å²) in [6, 6.07) is 16.4. The first-order chi connectivity index (χ1) is 20.0. The smallest absolute Gasteiger partial charge is 0.271 e. The molecule has 1 heterocycles. The Balaban J connectivity index is 1.66. The van der Waals surface area contributed by atoms with Crippen LogP contribution in [0.15, 0.2) is 71.2 Å². The minimum atomic E-state index is -0.663. The number of aryl methyl sites for hydroxylation is 3. The lowest BCUT2D eigenvalue weighted by molar-refractivity contribution is -0.384. The van der Waals surface area contributed by atoms with Gasteiger partial charge in [-0.3, -0.25) is 19.8 Å². The summed E-state index contributed by atoms with van der Waals surface area (Å²) in [4.78, 5) is 26.5. The van der Waals surface area contributed by atoms with Crippen LogP contribution in [0.1, 0.15) is 58.6 Å². The Morgan fingerprint density at radius 1 is 1.10 bits per heavy atom. The molecule has 2 N–H and O–H groups in total. The number of nitrogens with zero attached hydrogens (tertiary/aromatic N) is 3. The molecule has 8 nitrogen and oxygen atoms in total. The number of non-ortho nitro benzene ring substituents is 1. The predicted molar refractivity (Wildman–Crippen MR) is 162 cm³/mol. The normalized spacial score (nSPS) is 16.8. The van der Waals surface area contributed by atoms with Crippen molar-refractivity contribution in [2.24, 2.45) is 5.73 Å². The van der Waals surface area contributed by atoms with Crippen molar-refractivity contribution in [2.75, 3.05) is 4.90 Å². The van der Waals surface area contributed by atoms with Gasteiger partial charge in [-0.15, -0.1) is 0 Å². The molecule has 1 aliphatic carbocycles. The van der Waals surface area contributed by atoms with E-state index in [0.717, 1.165) is 39.1 Å².